The van der Waals surface area contributed by atoms with Crippen LogP contribution in [0.2, 0.25) is 0 Å². The van der Waals surface area contributed by atoms with Crippen LogP contribution >= 0.6 is 0 Å². The first kappa shape index (κ1) is 20.4. The van der Waals surface area contributed by atoms with E-state index in [-0.39, 0.29) is 23.7 Å². The number of amides is 2. The molecule has 6 heteroatoms. The number of nitrogens with zero attached hydrogens (tertiary/aromatic N) is 2. The number of nitrogens with one attached hydrogen (secondary N) is 1. The fraction of sp³-hybridized carbons (Fsp3) is 0.650. The number of hydrogen-bond donors (Lipinski definition) is 1. The van der Waals surface area contributed by atoms with Gasteiger partial charge >= 0.3 is 0 Å². The number of aromatic nitrogens is 1. The Bertz CT molecular complexity index is 557. The second-order valence-electron chi connectivity index (χ2n) is 7.05. The Morgan fingerprint density at radius 3 is 2.50 bits per heavy atom. The predicted octanol–water partition coefficient (Wildman–Crippen LogP) is 2.04. The Morgan fingerprint density at radius 1 is 1.19 bits per heavy atom. The number of rotatable bonds is 9. The zero-order chi connectivity index (χ0) is 18.8. The van der Waals surface area contributed by atoms with Gasteiger partial charge < -0.3 is 15.0 Å². The van der Waals surface area contributed by atoms with E-state index >= 15 is 0 Å². The van der Waals surface area contributed by atoms with Crippen LogP contribution in [-0.2, 0) is 20.7 Å². The molecular formula is C20H31N3O3. The molecule has 1 fully saturated rings. The van der Waals surface area contributed by atoms with E-state index in [2.05, 4.69) is 10.3 Å². The van der Waals surface area contributed by atoms with E-state index in [1.807, 2.05) is 24.1 Å². The number of hydrogen-bond acceptors (Lipinski definition) is 4. The number of ether oxygens (including phenoxy) is 1. The molecule has 0 bridgehead atoms. The van der Waals surface area contributed by atoms with Crippen LogP contribution in [0.25, 0.3) is 0 Å². The summed E-state index contributed by atoms with van der Waals surface area (Å²) < 4.78 is 4.98. The maximum Gasteiger partial charge on any atom is 0.225 e. The summed E-state index contributed by atoms with van der Waals surface area (Å²) >= 11 is 0. The number of methoxy groups -OCH3 is 1. The van der Waals surface area contributed by atoms with Gasteiger partial charge in [0.2, 0.25) is 11.8 Å². The van der Waals surface area contributed by atoms with E-state index in [1.165, 1.54) is 5.56 Å². The monoisotopic (exact) mass is 361 g/mol. The van der Waals surface area contributed by atoms with E-state index in [9.17, 15) is 9.59 Å². The Hall–Kier alpha value is -1.95. The second kappa shape index (κ2) is 10.9. The van der Waals surface area contributed by atoms with Gasteiger partial charge in [0.05, 0.1) is 0 Å². The molecule has 2 rings (SSSR count). The summed E-state index contributed by atoms with van der Waals surface area (Å²) in [5.41, 5.74) is 1.19. The molecule has 0 saturated heterocycles. The average Bonchev–Trinajstić information content (AvgIpc) is 2.69. The molecule has 1 aromatic heterocycles. The molecule has 0 atom stereocenters. The van der Waals surface area contributed by atoms with Gasteiger partial charge in [-0.25, -0.2) is 0 Å². The minimum atomic E-state index is 0.0451. The molecular weight excluding hydrogens is 330 g/mol. The summed E-state index contributed by atoms with van der Waals surface area (Å²) in [6, 6.07) is 3.96. The lowest BCUT2D eigenvalue weighted by atomic mass is 9.81. The predicted molar refractivity (Wildman–Crippen MR) is 101 cm³/mol. The third kappa shape index (κ3) is 6.41. The van der Waals surface area contributed by atoms with Crippen molar-refractivity contribution in [1.29, 1.82) is 0 Å². The van der Waals surface area contributed by atoms with Crippen LogP contribution < -0.4 is 5.32 Å². The minimum absolute atomic E-state index is 0.0451. The standard InChI is InChI=1S/C20H31N3O3/c1-23(14-10-16-8-12-21-13-9-16)20(25)18-6-4-17(5-7-18)19(24)22-11-3-15-26-2/h8-9,12-13,17-18H,3-7,10-11,14-15H2,1-2H3,(H,22,24). The van der Waals surface area contributed by atoms with Crippen molar-refractivity contribution in [2.75, 3.05) is 33.9 Å². The first-order chi connectivity index (χ1) is 12.6. The van der Waals surface area contributed by atoms with Crippen LogP contribution in [0, 0.1) is 11.8 Å². The lowest BCUT2D eigenvalue weighted by molar-refractivity contribution is -0.137. The minimum Gasteiger partial charge on any atom is -0.385 e. The van der Waals surface area contributed by atoms with Crippen molar-refractivity contribution >= 4 is 11.8 Å². The van der Waals surface area contributed by atoms with Gasteiger partial charge in [-0.3, -0.25) is 14.6 Å². The highest BCUT2D eigenvalue weighted by atomic mass is 16.5. The van der Waals surface area contributed by atoms with Crippen LogP contribution in [0.1, 0.15) is 37.7 Å². The molecule has 1 aromatic rings. The zero-order valence-electron chi connectivity index (χ0n) is 15.9. The highest BCUT2D eigenvalue weighted by Crippen LogP contribution is 2.30. The fourth-order valence-electron chi connectivity index (χ4n) is 3.44. The van der Waals surface area contributed by atoms with E-state index in [0.29, 0.717) is 19.7 Å². The number of likely N-dealkylation sites (N-methyl/N-ethyl adjacent to an activating group) is 1. The fourth-order valence-corrected chi connectivity index (χ4v) is 3.44. The van der Waals surface area contributed by atoms with E-state index < -0.39 is 0 Å². The first-order valence-electron chi connectivity index (χ1n) is 9.52. The third-order valence-corrected chi connectivity index (χ3v) is 5.13. The normalized spacial score (nSPS) is 19.8. The maximum absolute atomic E-state index is 12.6. The summed E-state index contributed by atoms with van der Waals surface area (Å²) in [6.45, 7) is 2.03. The van der Waals surface area contributed by atoms with Crippen LogP contribution in [0.3, 0.4) is 0 Å². The molecule has 0 aliphatic heterocycles. The van der Waals surface area contributed by atoms with Crippen molar-refractivity contribution in [3.8, 4) is 0 Å². The smallest absolute Gasteiger partial charge is 0.225 e. The Morgan fingerprint density at radius 2 is 1.85 bits per heavy atom. The van der Waals surface area contributed by atoms with E-state index in [0.717, 1.165) is 38.5 Å². The average molecular weight is 361 g/mol. The zero-order valence-corrected chi connectivity index (χ0v) is 15.9. The van der Waals surface area contributed by atoms with Gasteiger partial charge in [-0.1, -0.05) is 0 Å². The van der Waals surface area contributed by atoms with Crippen molar-refractivity contribution in [3.05, 3.63) is 30.1 Å². The Labute approximate surface area is 156 Å². The Balaban J connectivity index is 1.69. The summed E-state index contributed by atoms with van der Waals surface area (Å²) in [6.07, 6.45) is 8.42. The van der Waals surface area contributed by atoms with Crippen LogP contribution in [0.4, 0.5) is 0 Å². The molecule has 2 amide bonds. The van der Waals surface area contributed by atoms with Gasteiger partial charge in [-0.15, -0.1) is 0 Å². The highest BCUT2D eigenvalue weighted by molar-refractivity contribution is 5.81. The topological polar surface area (TPSA) is 71.5 Å². The molecule has 1 saturated carbocycles. The van der Waals surface area contributed by atoms with Crippen molar-refractivity contribution in [2.24, 2.45) is 11.8 Å². The molecule has 6 nitrogen and oxygen atoms in total. The van der Waals surface area contributed by atoms with Gasteiger partial charge in [-0.05, 0) is 56.2 Å². The molecule has 1 heterocycles. The SMILES string of the molecule is COCCCNC(=O)C1CCC(C(=O)N(C)CCc2ccncc2)CC1. The highest BCUT2D eigenvalue weighted by Gasteiger charge is 2.31. The molecule has 144 valence electrons. The summed E-state index contributed by atoms with van der Waals surface area (Å²) in [7, 11) is 3.53. The molecule has 1 N–H and O–H groups in total. The summed E-state index contributed by atoms with van der Waals surface area (Å²) in [4.78, 5) is 30.7. The quantitative estimate of drug-likeness (QED) is 0.683. The van der Waals surface area contributed by atoms with Gasteiger partial charge in [0.1, 0.15) is 0 Å². The largest absolute Gasteiger partial charge is 0.385 e. The van der Waals surface area contributed by atoms with Crippen molar-refractivity contribution in [3.63, 3.8) is 0 Å². The summed E-state index contributed by atoms with van der Waals surface area (Å²) in [5.74, 6) is 0.426. The lowest BCUT2D eigenvalue weighted by Crippen LogP contribution is -2.39. The van der Waals surface area contributed by atoms with E-state index in [4.69, 9.17) is 4.74 Å². The summed E-state index contributed by atoms with van der Waals surface area (Å²) in [5, 5.41) is 2.97. The number of carbonyl (C=O) groups excluding carboxylic acids is 2. The van der Waals surface area contributed by atoms with Crippen molar-refractivity contribution < 1.29 is 14.3 Å². The molecule has 0 unspecified atom stereocenters. The Kier molecular flexibility index (Phi) is 8.54. The van der Waals surface area contributed by atoms with Crippen LogP contribution in [0.15, 0.2) is 24.5 Å². The molecule has 0 spiro atoms. The second-order valence-corrected chi connectivity index (χ2v) is 7.05. The number of carbonyl (C=O) groups is 2. The van der Waals surface area contributed by atoms with Crippen LogP contribution in [0.5, 0.6) is 0 Å². The first-order valence-corrected chi connectivity index (χ1v) is 9.52. The van der Waals surface area contributed by atoms with Gasteiger partial charge in [0.15, 0.2) is 0 Å². The lowest BCUT2D eigenvalue weighted by Gasteiger charge is -2.30. The van der Waals surface area contributed by atoms with Gasteiger partial charge in [-0.2, -0.15) is 0 Å². The third-order valence-electron chi connectivity index (χ3n) is 5.13. The molecule has 0 radical (unpaired) electrons. The maximum atomic E-state index is 12.6. The van der Waals surface area contributed by atoms with Crippen molar-refractivity contribution in [2.45, 2.75) is 38.5 Å². The molecule has 1 aliphatic rings. The van der Waals surface area contributed by atoms with Gasteiger partial charge in [0, 0.05) is 58.1 Å². The van der Waals surface area contributed by atoms with Crippen molar-refractivity contribution in [1.82, 2.24) is 15.2 Å². The molecule has 0 aromatic carbocycles. The number of pyridine rings is 1. The van der Waals surface area contributed by atoms with Crippen LogP contribution in [-0.4, -0.2) is 55.6 Å². The van der Waals surface area contributed by atoms with E-state index in [1.54, 1.807) is 19.5 Å². The molecule has 1 aliphatic carbocycles. The molecule has 26 heavy (non-hydrogen) atoms. The van der Waals surface area contributed by atoms with Gasteiger partial charge in [0.25, 0.3) is 0 Å².